The average Bonchev–Trinajstić information content (AvgIpc) is 2.80. The Kier molecular flexibility index (Phi) is 3.90. The molecule has 0 saturated carbocycles. The van der Waals surface area contributed by atoms with Crippen molar-refractivity contribution in [1.82, 2.24) is 0 Å². The van der Waals surface area contributed by atoms with E-state index in [-0.39, 0.29) is 6.04 Å². The molecule has 2 N–H and O–H groups in total. The molecule has 1 atom stereocenters. The van der Waals surface area contributed by atoms with Gasteiger partial charge in [0.15, 0.2) is 0 Å². The van der Waals surface area contributed by atoms with Gasteiger partial charge in [-0.15, -0.1) is 11.3 Å². The van der Waals surface area contributed by atoms with Gasteiger partial charge in [0.05, 0.1) is 6.04 Å². The number of thiophene rings is 1. The maximum Gasteiger partial charge on any atom is 0.242 e. The topological polar surface area (TPSA) is 35.2 Å². The monoisotopic (exact) mass is 277 g/mol. The molecule has 0 radical (unpaired) electrons. The van der Waals surface area contributed by atoms with Crippen molar-refractivity contribution >= 4 is 19.7 Å². The second kappa shape index (κ2) is 5.26. The van der Waals surface area contributed by atoms with E-state index < -0.39 is 8.32 Å². The molecule has 0 aliphatic rings. The summed E-state index contributed by atoms with van der Waals surface area (Å²) in [5.74, 6) is 0.941. The van der Waals surface area contributed by atoms with E-state index in [0.717, 1.165) is 11.3 Å². The highest BCUT2D eigenvalue weighted by atomic mass is 32.1. The maximum atomic E-state index is 6.22. The molecule has 1 aromatic carbocycles. The Morgan fingerprint density at radius 1 is 1.11 bits per heavy atom. The third-order valence-corrected chi connectivity index (χ3v) is 4.32. The fraction of sp³-hybridized carbons (Fsp3) is 0.286. The third-order valence-electron chi connectivity index (χ3n) is 2.51. The Labute approximate surface area is 114 Å². The fourth-order valence-corrected chi connectivity index (χ4v) is 3.33. The van der Waals surface area contributed by atoms with Crippen molar-refractivity contribution in [1.29, 1.82) is 0 Å². The van der Waals surface area contributed by atoms with E-state index in [0.29, 0.717) is 0 Å². The van der Waals surface area contributed by atoms with Crippen LogP contribution in [0, 0.1) is 0 Å². The van der Waals surface area contributed by atoms with Crippen LogP contribution < -0.4 is 10.2 Å². The summed E-state index contributed by atoms with van der Waals surface area (Å²) in [6, 6.07) is 12.2. The predicted molar refractivity (Wildman–Crippen MR) is 80.8 cm³/mol. The van der Waals surface area contributed by atoms with Gasteiger partial charge in [-0.1, -0.05) is 18.2 Å². The van der Waals surface area contributed by atoms with Crippen LogP contribution in [0.1, 0.15) is 16.5 Å². The normalized spacial score (nSPS) is 13.3. The van der Waals surface area contributed by atoms with Crippen molar-refractivity contribution in [3.8, 4) is 5.75 Å². The van der Waals surface area contributed by atoms with Crippen molar-refractivity contribution < 1.29 is 4.43 Å². The van der Waals surface area contributed by atoms with Crippen molar-refractivity contribution in [2.45, 2.75) is 25.7 Å². The minimum Gasteiger partial charge on any atom is -0.544 e. The summed E-state index contributed by atoms with van der Waals surface area (Å²) in [5.41, 5.74) is 7.34. The van der Waals surface area contributed by atoms with Crippen molar-refractivity contribution in [2.75, 3.05) is 0 Å². The first-order chi connectivity index (χ1) is 8.46. The molecule has 0 unspecified atom stereocenters. The van der Waals surface area contributed by atoms with Crippen LogP contribution in [0.2, 0.25) is 19.6 Å². The van der Waals surface area contributed by atoms with Gasteiger partial charge in [0.25, 0.3) is 0 Å². The lowest BCUT2D eigenvalue weighted by atomic mass is 10.1. The van der Waals surface area contributed by atoms with Crippen LogP contribution in [0.25, 0.3) is 0 Å². The van der Waals surface area contributed by atoms with Crippen LogP contribution in [0.4, 0.5) is 0 Å². The highest BCUT2D eigenvalue weighted by molar-refractivity contribution is 7.10. The summed E-state index contributed by atoms with van der Waals surface area (Å²) in [6.45, 7) is 6.54. The molecule has 2 aromatic rings. The zero-order valence-corrected chi connectivity index (χ0v) is 12.8. The van der Waals surface area contributed by atoms with E-state index in [2.05, 4.69) is 43.2 Å². The maximum absolute atomic E-state index is 6.22. The lowest BCUT2D eigenvalue weighted by Crippen LogP contribution is -2.29. The van der Waals surface area contributed by atoms with Gasteiger partial charge >= 0.3 is 0 Å². The van der Waals surface area contributed by atoms with E-state index >= 15 is 0 Å². The number of benzene rings is 1. The quantitative estimate of drug-likeness (QED) is 0.857. The highest BCUT2D eigenvalue weighted by Crippen LogP contribution is 2.25. The Morgan fingerprint density at radius 3 is 2.28 bits per heavy atom. The Hall–Kier alpha value is -1.10. The van der Waals surface area contributed by atoms with Crippen molar-refractivity contribution in [3.63, 3.8) is 0 Å². The molecule has 0 saturated heterocycles. The number of hydrogen-bond acceptors (Lipinski definition) is 3. The van der Waals surface area contributed by atoms with Crippen LogP contribution in [-0.2, 0) is 0 Å². The fourth-order valence-electron chi connectivity index (χ4n) is 1.73. The summed E-state index contributed by atoms with van der Waals surface area (Å²) in [7, 11) is -1.52. The molecular formula is C14H19NOSSi. The number of rotatable bonds is 4. The van der Waals surface area contributed by atoms with Crippen molar-refractivity contribution in [2.24, 2.45) is 5.73 Å². The van der Waals surface area contributed by atoms with Gasteiger partial charge in [-0.05, 0) is 48.8 Å². The van der Waals surface area contributed by atoms with Gasteiger partial charge < -0.3 is 10.2 Å². The van der Waals surface area contributed by atoms with Gasteiger partial charge in [-0.3, -0.25) is 0 Å². The molecule has 0 fully saturated rings. The molecule has 0 aliphatic carbocycles. The van der Waals surface area contributed by atoms with Crippen molar-refractivity contribution in [3.05, 3.63) is 52.2 Å². The largest absolute Gasteiger partial charge is 0.544 e. The molecule has 2 rings (SSSR count). The van der Waals surface area contributed by atoms with Crippen LogP contribution in [0.3, 0.4) is 0 Å². The van der Waals surface area contributed by atoms with E-state index in [1.165, 1.54) is 4.88 Å². The molecule has 0 spiro atoms. The summed E-state index contributed by atoms with van der Waals surface area (Å²) >= 11 is 1.69. The van der Waals surface area contributed by atoms with E-state index in [1.807, 2.05) is 18.2 Å². The zero-order chi connectivity index (χ0) is 13.2. The molecule has 1 heterocycles. The van der Waals surface area contributed by atoms with Gasteiger partial charge in [0.1, 0.15) is 5.75 Å². The first-order valence-electron chi connectivity index (χ1n) is 6.04. The molecule has 0 amide bonds. The van der Waals surface area contributed by atoms with E-state index in [4.69, 9.17) is 10.2 Å². The van der Waals surface area contributed by atoms with Gasteiger partial charge in [0.2, 0.25) is 8.32 Å². The van der Waals surface area contributed by atoms with E-state index in [1.54, 1.807) is 11.3 Å². The minimum absolute atomic E-state index is 0.0362. The molecule has 2 nitrogen and oxygen atoms in total. The van der Waals surface area contributed by atoms with Gasteiger partial charge in [0, 0.05) is 4.88 Å². The first-order valence-corrected chi connectivity index (χ1v) is 10.3. The average molecular weight is 277 g/mol. The third kappa shape index (κ3) is 3.45. The van der Waals surface area contributed by atoms with Crippen LogP contribution >= 0.6 is 11.3 Å². The van der Waals surface area contributed by atoms with Crippen LogP contribution in [-0.4, -0.2) is 8.32 Å². The van der Waals surface area contributed by atoms with E-state index in [9.17, 15) is 0 Å². The molecular weight excluding hydrogens is 258 g/mol. The lowest BCUT2D eigenvalue weighted by molar-refractivity contribution is 0.557. The van der Waals surface area contributed by atoms with Gasteiger partial charge in [-0.25, -0.2) is 0 Å². The SMILES string of the molecule is C[Si](C)(C)Oc1ccc([C@@H](N)c2cccs2)cc1. The molecule has 1 aromatic heterocycles. The standard InChI is InChI=1S/C14H19NOSSi/c1-18(2,3)16-12-8-6-11(7-9-12)14(15)13-5-4-10-17-13/h4-10,14H,15H2,1-3H3/t14-/m1/s1. The molecule has 0 aliphatic heterocycles. The second-order valence-corrected chi connectivity index (χ2v) is 10.7. The number of nitrogens with two attached hydrogens (primary N) is 1. The minimum atomic E-state index is -1.52. The Morgan fingerprint density at radius 2 is 1.78 bits per heavy atom. The molecule has 0 bridgehead atoms. The Balaban J connectivity index is 2.13. The summed E-state index contributed by atoms with van der Waals surface area (Å²) in [5, 5.41) is 2.05. The molecule has 96 valence electrons. The molecule has 18 heavy (non-hydrogen) atoms. The molecule has 4 heteroatoms. The summed E-state index contributed by atoms with van der Waals surface area (Å²) in [4.78, 5) is 1.19. The lowest BCUT2D eigenvalue weighted by Gasteiger charge is -2.19. The first kappa shape index (κ1) is 13.3. The van der Waals surface area contributed by atoms with Crippen LogP contribution in [0.5, 0.6) is 5.75 Å². The number of hydrogen-bond donors (Lipinski definition) is 1. The summed E-state index contributed by atoms with van der Waals surface area (Å²) in [6.07, 6.45) is 0. The highest BCUT2D eigenvalue weighted by Gasteiger charge is 2.16. The zero-order valence-electron chi connectivity index (χ0n) is 11.0. The second-order valence-electron chi connectivity index (χ2n) is 5.28. The summed E-state index contributed by atoms with van der Waals surface area (Å²) < 4.78 is 5.93. The van der Waals surface area contributed by atoms with Crippen LogP contribution in [0.15, 0.2) is 41.8 Å². The predicted octanol–water partition coefficient (Wildman–Crippen LogP) is 4.01. The Bertz CT molecular complexity index is 488. The van der Waals surface area contributed by atoms with Gasteiger partial charge in [-0.2, -0.15) is 0 Å². The smallest absolute Gasteiger partial charge is 0.242 e.